The summed E-state index contributed by atoms with van der Waals surface area (Å²) in [5.41, 5.74) is 1.18. The van der Waals surface area contributed by atoms with Gasteiger partial charge in [-0.25, -0.2) is 0 Å². The molecule has 88 valence electrons. The van der Waals surface area contributed by atoms with Crippen LogP contribution in [0.15, 0.2) is 47.4 Å². The van der Waals surface area contributed by atoms with Crippen molar-refractivity contribution in [2.75, 3.05) is 0 Å². The lowest BCUT2D eigenvalue weighted by Gasteiger charge is -2.05. The molecular formula is C13H14N2OS. The van der Waals surface area contributed by atoms with E-state index in [1.165, 1.54) is 11.6 Å². The van der Waals surface area contributed by atoms with Crippen molar-refractivity contribution in [2.45, 2.75) is 19.4 Å². The lowest BCUT2D eigenvalue weighted by Crippen LogP contribution is -2.11. The fourth-order valence-electron chi connectivity index (χ4n) is 1.72. The lowest BCUT2D eigenvalue weighted by molar-refractivity contribution is 0.618. The first-order chi connectivity index (χ1) is 8.25. The van der Waals surface area contributed by atoms with Crippen LogP contribution in [0, 0.1) is 4.77 Å². The highest BCUT2D eigenvalue weighted by molar-refractivity contribution is 7.71. The van der Waals surface area contributed by atoms with Gasteiger partial charge in [-0.15, -0.1) is 0 Å². The Hall–Kier alpha value is -1.68. The molecule has 0 amide bonds. The van der Waals surface area contributed by atoms with Gasteiger partial charge in [0.2, 0.25) is 0 Å². The second-order valence-electron chi connectivity index (χ2n) is 3.89. The van der Waals surface area contributed by atoms with Crippen LogP contribution in [0.4, 0.5) is 0 Å². The molecule has 0 radical (unpaired) electrons. The number of H-pyrrole nitrogens is 1. The molecule has 1 heterocycles. The molecule has 0 saturated heterocycles. The summed E-state index contributed by atoms with van der Waals surface area (Å²) in [6.45, 7) is 0.824. The topological polar surface area (TPSA) is 37.8 Å². The zero-order chi connectivity index (χ0) is 12.1. The van der Waals surface area contributed by atoms with Gasteiger partial charge in [0.1, 0.15) is 0 Å². The van der Waals surface area contributed by atoms with E-state index in [1.54, 1.807) is 6.20 Å². The molecule has 4 heteroatoms. The number of aryl methyl sites for hydroxylation is 2. The van der Waals surface area contributed by atoms with Crippen molar-refractivity contribution in [1.29, 1.82) is 0 Å². The molecule has 0 atom stereocenters. The fraction of sp³-hybridized carbons (Fsp3) is 0.231. The summed E-state index contributed by atoms with van der Waals surface area (Å²) in [6.07, 6.45) is 3.76. The van der Waals surface area contributed by atoms with E-state index in [1.807, 2.05) is 22.8 Å². The van der Waals surface area contributed by atoms with E-state index in [4.69, 9.17) is 12.2 Å². The second kappa shape index (κ2) is 5.59. The molecule has 0 aliphatic rings. The monoisotopic (exact) mass is 246 g/mol. The molecule has 0 aliphatic heterocycles. The fourth-order valence-corrected chi connectivity index (χ4v) is 1.97. The van der Waals surface area contributed by atoms with Crippen LogP contribution in [-0.2, 0) is 13.0 Å². The van der Waals surface area contributed by atoms with Crippen LogP contribution in [0.1, 0.15) is 12.0 Å². The van der Waals surface area contributed by atoms with E-state index in [-0.39, 0.29) is 5.56 Å². The normalized spacial score (nSPS) is 10.4. The van der Waals surface area contributed by atoms with E-state index in [2.05, 4.69) is 17.1 Å². The maximum absolute atomic E-state index is 11.0. The number of benzene rings is 1. The number of nitrogens with zero attached hydrogens (tertiary/aromatic N) is 1. The van der Waals surface area contributed by atoms with E-state index in [9.17, 15) is 4.79 Å². The molecule has 0 fully saturated rings. The molecule has 0 bridgehead atoms. The molecule has 17 heavy (non-hydrogen) atoms. The van der Waals surface area contributed by atoms with E-state index < -0.39 is 0 Å². The Morgan fingerprint density at radius 3 is 2.65 bits per heavy atom. The van der Waals surface area contributed by atoms with Crippen LogP contribution >= 0.6 is 12.2 Å². The van der Waals surface area contributed by atoms with Crippen molar-refractivity contribution in [2.24, 2.45) is 0 Å². The quantitative estimate of drug-likeness (QED) is 0.842. The van der Waals surface area contributed by atoms with Crippen LogP contribution in [0.5, 0.6) is 0 Å². The summed E-state index contributed by atoms with van der Waals surface area (Å²) < 4.78 is 2.38. The average Bonchev–Trinajstić information content (AvgIpc) is 2.33. The number of rotatable bonds is 4. The Bertz CT molecular complexity index is 586. The third-order valence-electron chi connectivity index (χ3n) is 2.60. The molecule has 1 aromatic heterocycles. The first-order valence-electron chi connectivity index (χ1n) is 5.59. The minimum atomic E-state index is -0.144. The van der Waals surface area contributed by atoms with Crippen LogP contribution in [-0.4, -0.2) is 9.55 Å². The maximum Gasteiger partial charge on any atom is 0.251 e. The molecule has 0 aliphatic carbocycles. The molecule has 0 spiro atoms. The van der Waals surface area contributed by atoms with Crippen molar-refractivity contribution in [1.82, 2.24) is 9.55 Å². The Kier molecular flexibility index (Phi) is 3.88. The molecule has 2 aromatic rings. The SMILES string of the molecule is O=c1ccn(CCCc2ccccc2)c(=S)[nH]1. The Morgan fingerprint density at radius 1 is 1.18 bits per heavy atom. The van der Waals surface area contributed by atoms with Crippen LogP contribution in [0.2, 0.25) is 0 Å². The number of hydrogen-bond acceptors (Lipinski definition) is 2. The van der Waals surface area contributed by atoms with Crippen molar-refractivity contribution >= 4 is 12.2 Å². The first-order valence-corrected chi connectivity index (χ1v) is 6.00. The first kappa shape index (κ1) is 11.8. The highest BCUT2D eigenvalue weighted by Crippen LogP contribution is 2.03. The van der Waals surface area contributed by atoms with Crippen LogP contribution in [0.25, 0.3) is 0 Å². The van der Waals surface area contributed by atoms with Crippen LogP contribution < -0.4 is 5.56 Å². The minimum Gasteiger partial charge on any atom is -0.325 e. The Morgan fingerprint density at radius 2 is 1.94 bits per heavy atom. The Labute approximate surface area is 105 Å². The van der Waals surface area contributed by atoms with E-state index in [0.717, 1.165) is 19.4 Å². The number of hydrogen-bond donors (Lipinski definition) is 1. The lowest BCUT2D eigenvalue weighted by atomic mass is 10.1. The standard InChI is InChI=1S/C13H14N2OS/c16-12-8-10-15(13(17)14-12)9-4-7-11-5-2-1-3-6-11/h1-3,5-6,8,10H,4,7,9H2,(H,14,16,17). The molecule has 1 N–H and O–H groups in total. The molecule has 0 saturated carbocycles. The molecule has 0 unspecified atom stereocenters. The largest absolute Gasteiger partial charge is 0.325 e. The van der Waals surface area contributed by atoms with Gasteiger partial charge in [-0.3, -0.25) is 9.78 Å². The van der Waals surface area contributed by atoms with Crippen molar-refractivity contribution < 1.29 is 0 Å². The predicted molar refractivity (Wildman–Crippen MR) is 70.6 cm³/mol. The van der Waals surface area contributed by atoms with Gasteiger partial charge in [-0.05, 0) is 30.6 Å². The van der Waals surface area contributed by atoms with E-state index >= 15 is 0 Å². The summed E-state index contributed by atoms with van der Waals surface area (Å²) in [5, 5.41) is 0. The highest BCUT2D eigenvalue weighted by atomic mass is 32.1. The predicted octanol–water partition coefficient (Wildman–Crippen LogP) is 2.54. The zero-order valence-electron chi connectivity index (χ0n) is 9.43. The van der Waals surface area contributed by atoms with Gasteiger partial charge in [0.15, 0.2) is 4.77 Å². The number of aromatic amines is 1. The van der Waals surface area contributed by atoms with Crippen molar-refractivity contribution in [3.63, 3.8) is 0 Å². The molecule has 1 aromatic carbocycles. The highest BCUT2D eigenvalue weighted by Gasteiger charge is 1.95. The van der Waals surface area contributed by atoms with Gasteiger partial charge >= 0.3 is 0 Å². The summed E-state index contributed by atoms with van der Waals surface area (Å²) in [7, 11) is 0. The van der Waals surface area contributed by atoms with Gasteiger partial charge in [-0.1, -0.05) is 30.3 Å². The number of aromatic nitrogens is 2. The Balaban J connectivity index is 1.95. The van der Waals surface area contributed by atoms with Gasteiger partial charge in [0.25, 0.3) is 5.56 Å². The average molecular weight is 246 g/mol. The summed E-state index contributed by atoms with van der Waals surface area (Å²) in [4.78, 5) is 13.6. The molecule has 3 nitrogen and oxygen atoms in total. The summed E-state index contributed by atoms with van der Waals surface area (Å²) in [6, 6.07) is 11.8. The summed E-state index contributed by atoms with van der Waals surface area (Å²) >= 11 is 5.08. The third-order valence-corrected chi connectivity index (χ3v) is 2.94. The van der Waals surface area contributed by atoms with Crippen molar-refractivity contribution in [3.05, 3.63) is 63.3 Å². The zero-order valence-corrected chi connectivity index (χ0v) is 10.2. The van der Waals surface area contributed by atoms with Gasteiger partial charge in [0, 0.05) is 18.8 Å². The van der Waals surface area contributed by atoms with Gasteiger partial charge in [-0.2, -0.15) is 0 Å². The smallest absolute Gasteiger partial charge is 0.251 e. The third kappa shape index (κ3) is 3.39. The molecular weight excluding hydrogens is 232 g/mol. The minimum absolute atomic E-state index is 0.144. The van der Waals surface area contributed by atoms with E-state index in [0.29, 0.717) is 4.77 Å². The van der Waals surface area contributed by atoms with Crippen LogP contribution in [0.3, 0.4) is 0 Å². The second-order valence-corrected chi connectivity index (χ2v) is 4.28. The van der Waals surface area contributed by atoms with Crippen molar-refractivity contribution in [3.8, 4) is 0 Å². The van der Waals surface area contributed by atoms with Gasteiger partial charge in [0.05, 0.1) is 0 Å². The molecule has 2 rings (SSSR count). The number of nitrogens with one attached hydrogen (secondary N) is 1. The summed E-state index contributed by atoms with van der Waals surface area (Å²) in [5.74, 6) is 0. The maximum atomic E-state index is 11.0. The van der Waals surface area contributed by atoms with Gasteiger partial charge < -0.3 is 4.57 Å².